The zero-order valence-electron chi connectivity index (χ0n) is 20.8. The van der Waals surface area contributed by atoms with E-state index < -0.39 is 10.0 Å². The number of piperidine rings is 1. The molecule has 0 aromatic carbocycles. The molecule has 11 heteroatoms. The molecule has 3 aliphatic rings. The van der Waals surface area contributed by atoms with Gasteiger partial charge in [-0.05, 0) is 50.7 Å². The number of Topliss-reactive ketones (excluding diaryl/α,β-unsaturated/α-hetero) is 1. The van der Waals surface area contributed by atoms with Crippen LogP contribution in [0.4, 0.5) is 5.82 Å². The van der Waals surface area contributed by atoms with E-state index in [1.54, 1.807) is 18.2 Å². The van der Waals surface area contributed by atoms with Gasteiger partial charge in [-0.1, -0.05) is 5.16 Å². The summed E-state index contributed by atoms with van der Waals surface area (Å²) >= 11 is 0. The number of sulfonamides is 1. The van der Waals surface area contributed by atoms with Crippen LogP contribution in [0.25, 0.3) is 0 Å². The third kappa shape index (κ3) is 5.96. The van der Waals surface area contributed by atoms with Crippen LogP contribution in [0.1, 0.15) is 61.2 Å². The lowest BCUT2D eigenvalue weighted by Gasteiger charge is -2.36. The summed E-state index contributed by atoms with van der Waals surface area (Å²) in [6.07, 6.45) is 5.25. The van der Waals surface area contributed by atoms with Gasteiger partial charge in [0.15, 0.2) is 5.78 Å². The van der Waals surface area contributed by atoms with E-state index in [0.29, 0.717) is 43.2 Å². The minimum Gasteiger partial charge on any atom is -0.379 e. The molecule has 5 rings (SSSR count). The number of aromatic nitrogens is 2. The number of pyridine rings is 1. The van der Waals surface area contributed by atoms with Crippen molar-refractivity contribution in [3.8, 4) is 0 Å². The fourth-order valence-electron chi connectivity index (χ4n) is 5.08. The highest BCUT2D eigenvalue weighted by Crippen LogP contribution is 2.40. The molecule has 1 saturated carbocycles. The van der Waals surface area contributed by atoms with E-state index in [1.807, 2.05) is 6.92 Å². The van der Waals surface area contributed by atoms with Gasteiger partial charge in [0.1, 0.15) is 22.2 Å². The molecule has 4 heterocycles. The van der Waals surface area contributed by atoms with Gasteiger partial charge in [0.05, 0.1) is 13.2 Å². The highest BCUT2D eigenvalue weighted by atomic mass is 32.2. The molecule has 0 amide bonds. The molecule has 196 valence electrons. The van der Waals surface area contributed by atoms with E-state index in [-0.39, 0.29) is 22.6 Å². The Balaban J connectivity index is 1.12. The fourth-order valence-corrected chi connectivity index (χ4v) is 6.68. The van der Waals surface area contributed by atoms with E-state index in [2.05, 4.69) is 20.4 Å². The van der Waals surface area contributed by atoms with Crippen molar-refractivity contribution in [2.24, 2.45) is 5.92 Å². The van der Waals surface area contributed by atoms with Crippen molar-refractivity contribution in [2.75, 3.05) is 51.3 Å². The van der Waals surface area contributed by atoms with Gasteiger partial charge in [-0.25, -0.2) is 13.4 Å². The van der Waals surface area contributed by atoms with Crippen molar-refractivity contribution < 1.29 is 22.5 Å². The van der Waals surface area contributed by atoms with Crippen LogP contribution >= 0.6 is 0 Å². The molecule has 2 atom stereocenters. The molecule has 3 fully saturated rings. The van der Waals surface area contributed by atoms with Crippen molar-refractivity contribution >= 4 is 21.6 Å². The van der Waals surface area contributed by atoms with Crippen LogP contribution in [-0.2, 0) is 14.8 Å². The van der Waals surface area contributed by atoms with Gasteiger partial charge >= 0.3 is 0 Å². The van der Waals surface area contributed by atoms with Crippen LogP contribution in [0.2, 0.25) is 0 Å². The fraction of sp³-hybridized carbons (Fsp3) is 0.640. The van der Waals surface area contributed by atoms with Crippen molar-refractivity contribution in [1.82, 2.24) is 19.3 Å². The molecule has 0 radical (unpaired) electrons. The molecule has 2 aromatic rings. The first-order chi connectivity index (χ1) is 17.4. The zero-order valence-corrected chi connectivity index (χ0v) is 21.6. The van der Waals surface area contributed by atoms with Crippen LogP contribution in [0.3, 0.4) is 0 Å². The standard InChI is InChI=1S/C25H35N5O5S/c1-18-14-19(15-23(31)22-16-24(35-28-22)20-2-3-20)6-8-30(18)36(32,33)21-4-5-25(27-17-21)26-7-9-29-10-12-34-13-11-29/h4-5,16-20H,2-3,6-15H2,1H3,(H,26,27)/t18-,19-/m0/s1. The zero-order chi connectivity index (χ0) is 25.1. The lowest BCUT2D eigenvalue weighted by atomic mass is 9.88. The number of carbonyl (C=O) groups excluding carboxylic acids is 1. The Hall–Kier alpha value is -2.34. The molecular formula is C25H35N5O5S. The van der Waals surface area contributed by atoms with E-state index in [4.69, 9.17) is 9.26 Å². The summed E-state index contributed by atoms with van der Waals surface area (Å²) in [5, 5.41) is 7.22. The Kier molecular flexibility index (Phi) is 7.71. The van der Waals surface area contributed by atoms with Gasteiger partial charge in [0.25, 0.3) is 0 Å². The number of hydrogen-bond acceptors (Lipinski definition) is 9. The van der Waals surface area contributed by atoms with Crippen molar-refractivity contribution in [3.05, 3.63) is 35.9 Å². The maximum absolute atomic E-state index is 13.3. The van der Waals surface area contributed by atoms with Crippen LogP contribution in [0.15, 0.2) is 33.8 Å². The average molecular weight is 518 g/mol. The molecule has 10 nitrogen and oxygen atoms in total. The molecule has 1 N–H and O–H groups in total. The predicted octanol–water partition coefficient (Wildman–Crippen LogP) is 2.75. The molecule has 0 bridgehead atoms. The van der Waals surface area contributed by atoms with Gasteiger partial charge in [-0.3, -0.25) is 9.69 Å². The minimum absolute atomic E-state index is 0.0277. The summed E-state index contributed by atoms with van der Waals surface area (Å²) < 4.78 is 38.8. The van der Waals surface area contributed by atoms with Crippen LogP contribution in [0.5, 0.6) is 0 Å². The Bertz CT molecular complexity index is 1140. The topological polar surface area (TPSA) is 118 Å². The Labute approximate surface area is 212 Å². The van der Waals surface area contributed by atoms with Crippen LogP contribution in [-0.4, -0.2) is 85.5 Å². The number of morpholine rings is 1. The Morgan fingerprint density at radius 3 is 2.67 bits per heavy atom. The smallest absolute Gasteiger partial charge is 0.244 e. The van der Waals surface area contributed by atoms with Gasteiger partial charge in [-0.2, -0.15) is 4.31 Å². The van der Waals surface area contributed by atoms with Gasteiger partial charge in [-0.15, -0.1) is 0 Å². The number of nitrogens with one attached hydrogen (secondary N) is 1. The monoisotopic (exact) mass is 517 g/mol. The first kappa shape index (κ1) is 25.3. The van der Waals surface area contributed by atoms with Crippen LogP contribution in [0, 0.1) is 5.92 Å². The Morgan fingerprint density at radius 2 is 1.97 bits per heavy atom. The highest BCUT2D eigenvalue weighted by Gasteiger charge is 2.36. The van der Waals surface area contributed by atoms with Crippen LogP contribution < -0.4 is 5.32 Å². The molecule has 36 heavy (non-hydrogen) atoms. The summed E-state index contributed by atoms with van der Waals surface area (Å²) in [6, 6.07) is 4.91. The average Bonchev–Trinajstić information content (AvgIpc) is 3.61. The third-order valence-corrected chi connectivity index (χ3v) is 9.37. The summed E-state index contributed by atoms with van der Waals surface area (Å²) in [5.74, 6) is 1.97. The maximum atomic E-state index is 13.3. The molecule has 2 aromatic heterocycles. The number of rotatable bonds is 10. The van der Waals surface area contributed by atoms with Gasteiger partial charge in [0, 0.05) is 63.4 Å². The summed E-state index contributed by atoms with van der Waals surface area (Å²) in [6.45, 7) is 7.29. The predicted molar refractivity (Wildman–Crippen MR) is 133 cm³/mol. The first-order valence-corrected chi connectivity index (χ1v) is 14.4. The molecule has 2 aliphatic heterocycles. The molecule has 0 spiro atoms. The van der Waals surface area contributed by atoms with E-state index >= 15 is 0 Å². The molecule has 1 aliphatic carbocycles. The minimum atomic E-state index is -3.66. The largest absolute Gasteiger partial charge is 0.379 e. The highest BCUT2D eigenvalue weighted by molar-refractivity contribution is 7.89. The molecule has 0 unspecified atom stereocenters. The van der Waals surface area contributed by atoms with Gasteiger partial charge in [0.2, 0.25) is 10.0 Å². The van der Waals surface area contributed by atoms with Crippen molar-refractivity contribution in [3.63, 3.8) is 0 Å². The lowest BCUT2D eigenvalue weighted by Crippen LogP contribution is -2.44. The van der Waals surface area contributed by atoms with E-state index in [9.17, 15) is 13.2 Å². The second-order valence-corrected chi connectivity index (χ2v) is 12.0. The molecular weight excluding hydrogens is 482 g/mol. The summed E-state index contributed by atoms with van der Waals surface area (Å²) in [5.41, 5.74) is 0.393. The second-order valence-electron chi connectivity index (χ2n) is 10.1. The van der Waals surface area contributed by atoms with Crippen molar-refractivity contribution in [1.29, 1.82) is 0 Å². The number of nitrogens with zero attached hydrogens (tertiary/aromatic N) is 4. The van der Waals surface area contributed by atoms with E-state index in [1.165, 1.54) is 10.5 Å². The number of anilines is 1. The molecule has 2 saturated heterocycles. The SMILES string of the molecule is C[C@H]1C[C@@H](CC(=O)c2cc(C3CC3)on2)CCN1S(=O)(=O)c1ccc(NCCN2CCOCC2)nc1. The third-order valence-electron chi connectivity index (χ3n) is 7.37. The quantitative estimate of drug-likeness (QED) is 0.475. The van der Waals surface area contributed by atoms with Gasteiger partial charge < -0.3 is 14.6 Å². The lowest BCUT2D eigenvalue weighted by molar-refractivity contribution is 0.0398. The maximum Gasteiger partial charge on any atom is 0.244 e. The second kappa shape index (κ2) is 11.0. The normalized spacial score (nSPS) is 24.0. The van der Waals surface area contributed by atoms with Crippen molar-refractivity contribution in [2.45, 2.75) is 55.9 Å². The number of ether oxygens (including phenoxy) is 1. The number of hydrogen-bond donors (Lipinski definition) is 1. The van der Waals surface area contributed by atoms with E-state index in [0.717, 1.165) is 58.0 Å². The first-order valence-electron chi connectivity index (χ1n) is 12.9. The summed E-state index contributed by atoms with van der Waals surface area (Å²) in [7, 11) is -3.66. The number of carbonyl (C=O) groups is 1. The number of ketones is 1. The summed E-state index contributed by atoms with van der Waals surface area (Å²) in [4.78, 5) is 19.5. The Morgan fingerprint density at radius 1 is 1.17 bits per heavy atom.